The second kappa shape index (κ2) is 10.9. The molecular formula is C19H18N2O7S. The Bertz CT molecular complexity index is 900. The Kier molecular flexibility index (Phi) is 8.31. The molecule has 152 valence electrons. The molecule has 0 aromatic heterocycles. The van der Waals surface area contributed by atoms with Gasteiger partial charge in [0.2, 0.25) is 0 Å². The number of carbonyl (C=O) groups excluding carboxylic acids is 2. The molecule has 2 aromatic rings. The van der Waals surface area contributed by atoms with Crippen molar-refractivity contribution >= 4 is 29.5 Å². The van der Waals surface area contributed by atoms with Gasteiger partial charge in [0.05, 0.1) is 5.75 Å². The Morgan fingerprint density at radius 3 is 2.45 bits per heavy atom. The topological polar surface area (TPSA) is 142 Å². The fraction of sp³-hybridized carbons (Fsp3) is 0.211. The highest BCUT2D eigenvalue weighted by molar-refractivity contribution is 7.99. The normalized spacial score (nSPS) is 10.2. The third kappa shape index (κ3) is 6.40. The number of nitroso groups, excluding NO2 is 1. The highest BCUT2D eigenvalue weighted by Gasteiger charge is 2.17. The van der Waals surface area contributed by atoms with Gasteiger partial charge in [0.25, 0.3) is 5.91 Å². The predicted octanol–water partition coefficient (Wildman–Crippen LogP) is 2.65. The number of thioether (sulfide) groups is 1. The second-order valence-electron chi connectivity index (χ2n) is 5.82. The Labute approximate surface area is 170 Å². The first kappa shape index (κ1) is 22.1. The number of benzene rings is 2. The lowest BCUT2D eigenvalue weighted by atomic mass is 10.0. The predicted molar refractivity (Wildman–Crippen MR) is 105 cm³/mol. The molecule has 29 heavy (non-hydrogen) atoms. The number of carboxylic acids is 1. The van der Waals surface area contributed by atoms with Crippen molar-refractivity contribution in [3.05, 3.63) is 69.6 Å². The zero-order chi connectivity index (χ0) is 21.2. The fourth-order valence-corrected chi connectivity index (χ4v) is 3.24. The van der Waals surface area contributed by atoms with Crippen LogP contribution in [-0.4, -0.2) is 39.6 Å². The van der Waals surface area contributed by atoms with Crippen LogP contribution in [-0.2, 0) is 17.8 Å². The average molecular weight is 418 g/mol. The summed E-state index contributed by atoms with van der Waals surface area (Å²) in [5, 5.41) is 20.4. The first-order chi connectivity index (χ1) is 14.0. The summed E-state index contributed by atoms with van der Waals surface area (Å²) in [5.74, 6) is -1.78. The molecule has 0 unspecified atom stereocenters. The monoisotopic (exact) mass is 418 g/mol. The molecule has 10 heteroatoms. The van der Waals surface area contributed by atoms with Crippen molar-refractivity contribution < 1.29 is 29.4 Å². The molecule has 0 aliphatic carbocycles. The van der Waals surface area contributed by atoms with Crippen LogP contribution in [0.5, 0.6) is 5.75 Å². The summed E-state index contributed by atoms with van der Waals surface area (Å²) in [4.78, 5) is 44.2. The molecule has 2 amide bonds. The molecule has 3 N–H and O–H groups in total. The molecular weight excluding hydrogens is 400 g/mol. The van der Waals surface area contributed by atoms with Crippen LogP contribution in [0, 0.1) is 4.91 Å². The average Bonchev–Trinajstić information content (AvgIpc) is 2.74. The van der Waals surface area contributed by atoms with Gasteiger partial charge in [-0.1, -0.05) is 24.3 Å². The molecule has 0 atom stereocenters. The number of hydrogen-bond donors (Lipinski definition) is 3. The van der Waals surface area contributed by atoms with Crippen molar-refractivity contribution in [3.8, 4) is 5.75 Å². The number of carboxylic acid groups (broad SMARTS) is 1. The van der Waals surface area contributed by atoms with Gasteiger partial charge in [0, 0.05) is 10.7 Å². The van der Waals surface area contributed by atoms with Gasteiger partial charge < -0.3 is 9.84 Å². The molecule has 0 heterocycles. The minimum Gasteiger partial charge on any atom is -0.488 e. The van der Waals surface area contributed by atoms with Crippen molar-refractivity contribution in [2.75, 3.05) is 11.5 Å². The molecule has 0 saturated heterocycles. The van der Waals surface area contributed by atoms with E-state index in [4.69, 9.17) is 9.94 Å². The Morgan fingerprint density at radius 2 is 1.83 bits per heavy atom. The van der Waals surface area contributed by atoms with Crippen molar-refractivity contribution in [1.82, 2.24) is 5.48 Å². The molecule has 0 spiro atoms. The molecule has 0 aliphatic heterocycles. The van der Waals surface area contributed by atoms with E-state index in [0.717, 1.165) is 0 Å². The van der Waals surface area contributed by atoms with Crippen LogP contribution in [0.4, 0.5) is 0 Å². The van der Waals surface area contributed by atoms with E-state index in [-0.39, 0.29) is 29.2 Å². The summed E-state index contributed by atoms with van der Waals surface area (Å²) in [7, 11) is 0. The van der Waals surface area contributed by atoms with Gasteiger partial charge in [-0.2, -0.15) is 11.8 Å². The summed E-state index contributed by atoms with van der Waals surface area (Å²) in [6, 6.07) is 11.0. The smallest absolute Gasteiger partial charge is 0.339 e. The van der Waals surface area contributed by atoms with Gasteiger partial charge in [-0.3, -0.25) is 14.8 Å². The van der Waals surface area contributed by atoms with Crippen LogP contribution < -0.4 is 10.2 Å². The van der Waals surface area contributed by atoms with Crippen LogP contribution in [0.1, 0.15) is 31.8 Å². The van der Waals surface area contributed by atoms with E-state index in [1.54, 1.807) is 30.3 Å². The standard InChI is InChI=1S/C19H18N2O7S/c22-16(20-26)11-29-9-8-13-2-1-3-15(17(13)19(24)25)28-10-12-4-6-14(7-5-12)18(23)21-27/h1-7,26H,8-11H2,(H,20,22)(H,24,25). The largest absolute Gasteiger partial charge is 0.488 e. The van der Waals surface area contributed by atoms with Crippen LogP contribution in [0.15, 0.2) is 47.6 Å². The fourth-order valence-electron chi connectivity index (χ4n) is 2.48. The molecule has 2 rings (SSSR count). The van der Waals surface area contributed by atoms with Crippen molar-refractivity contribution in [2.24, 2.45) is 5.18 Å². The molecule has 0 fully saturated rings. The summed E-state index contributed by atoms with van der Waals surface area (Å²) < 4.78 is 5.66. The quantitative estimate of drug-likeness (QED) is 0.231. The Morgan fingerprint density at radius 1 is 1.10 bits per heavy atom. The highest BCUT2D eigenvalue weighted by atomic mass is 32.2. The molecule has 0 bridgehead atoms. The summed E-state index contributed by atoms with van der Waals surface area (Å²) in [5.41, 5.74) is 2.97. The summed E-state index contributed by atoms with van der Waals surface area (Å²) >= 11 is 1.26. The van der Waals surface area contributed by atoms with E-state index < -0.39 is 17.8 Å². The molecule has 0 aliphatic rings. The summed E-state index contributed by atoms with van der Waals surface area (Å²) in [6.45, 7) is 0.0676. The van der Waals surface area contributed by atoms with E-state index in [1.807, 2.05) is 0 Å². The zero-order valence-electron chi connectivity index (χ0n) is 15.2. The second-order valence-corrected chi connectivity index (χ2v) is 6.92. The lowest BCUT2D eigenvalue weighted by molar-refractivity contribution is -0.126. The number of aryl methyl sites for hydroxylation is 1. The van der Waals surface area contributed by atoms with Gasteiger partial charge in [0.1, 0.15) is 17.9 Å². The maximum absolute atomic E-state index is 11.7. The maximum atomic E-state index is 11.7. The molecule has 2 aromatic carbocycles. The van der Waals surface area contributed by atoms with E-state index in [1.165, 1.54) is 29.4 Å². The zero-order valence-corrected chi connectivity index (χ0v) is 16.0. The van der Waals surface area contributed by atoms with Gasteiger partial charge >= 0.3 is 11.9 Å². The highest BCUT2D eigenvalue weighted by Crippen LogP contribution is 2.25. The first-order valence-corrected chi connectivity index (χ1v) is 9.57. The van der Waals surface area contributed by atoms with Gasteiger partial charge in [0.15, 0.2) is 0 Å². The number of carbonyl (C=O) groups is 3. The van der Waals surface area contributed by atoms with Crippen LogP contribution in [0.2, 0.25) is 0 Å². The van der Waals surface area contributed by atoms with Gasteiger partial charge in [-0.05, 0) is 41.5 Å². The van der Waals surface area contributed by atoms with E-state index >= 15 is 0 Å². The maximum Gasteiger partial charge on any atom is 0.339 e. The molecule has 9 nitrogen and oxygen atoms in total. The Hall–Kier alpha value is -3.24. The van der Waals surface area contributed by atoms with E-state index in [9.17, 15) is 24.4 Å². The number of ether oxygens (including phenoxy) is 1. The SMILES string of the molecule is O=NC(=O)c1ccc(COc2cccc(CCSCC(=O)NO)c2C(=O)O)cc1. The first-order valence-electron chi connectivity index (χ1n) is 8.41. The van der Waals surface area contributed by atoms with Crippen molar-refractivity contribution in [2.45, 2.75) is 13.0 Å². The molecule has 0 saturated carbocycles. The number of hydrogen-bond acceptors (Lipinski definition) is 7. The lowest BCUT2D eigenvalue weighted by Gasteiger charge is -2.13. The van der Waals surface area contributed by atoms with Crippen LogP contribution in [0.25, 0.3) is 0 Å². The van der Waals surface area contributed by atoms with Crippen molar-refractivity contribution in [3.63, 3.8) is 0 Å². The molecule has 0 radical (unpaired) electrons. The van der Waals surface area contributed by atoms with Crippen LogP contribution in [0.3, 0.4) is 0 Å². The third-order valence-corrected chi connectivity index (χ3v) is 4.84. The number of rotatable bonds is 10. The van der Waals surface area contributed by atoms with Crippen LogP contribution >= 0.6 is 11.8 Å². The Balaban J connectivity index is 2.06. The van der Waals surface area contributed by atoms with E-state index in [2.05, 4.69) is 5.18 Å². The number of amides is 2. The number of aromatic carboxylic acids is 1. The number of nitrogens with zero attached hydrogens (tertiary/aromatic N) is 1. The lowest BCUT2D eigenvalue weighted by Crippen LogP contribution is -2.20. The summed E-state index contributed by atoms with van der Waals surface area (Å²) in [6.07, 6.45) is 0.401. The number of nitrogens with one attached hydrogen (secondary N) is 1. The van der Waals surface area contributed by atoms with Crippen molar-refractivity contribution in [1.29, 1.82) is 0 Å². The van der Waals surface area contributed by atoms with E-state index in [0.29, 0.717) is 23.3 Å². The third-order valence-electron chi connectivity index (χ3n) is 3.88. The number of hydroxylamine groups is 1. The minimum absolute atomic E-state index is 0.0386. The van der Waals surface area contributed by atoms with Gasteiger partial charge in [-0.15, -0.1) is 4.91 Å². The van der Waals surface area contributed by atoms with Gasteiger partial charge in [-0.25, -0.2) is 10.3 Å². The minimum atomic E-state index is -1.13.